The Morgan fingerprint density at radius 1 is 1.11 bits per heavy atom. The molecule has 2 aromatic carbocycles. The van der Waals surface area contributed by atoms with Gasteiger partial charge in [-0.1, -0.05) is 25.4 Å². The number of aromatic nitrogens is 2. The Hall–Kier alpha value is -2.66. The second kappa shape index (κ2) is 7.92. The molecule has 0 spiro atoms. The van der Waals surface area contributed by atoms with Crippen LogP contribution in [0, 0.1) is 19.8 Å². The summed E-state index contributed by atoms with van der Waals surface area (Å²) in [4.78, 5) is 0. The predicted octanol–water partition coefficient (Wildman–Crippen LogP) is 5.88. The molecule has 3 aromatic rings. The topological polar surface area (TPSA) is 67.4 Å². The van der Waals surface area contributed by atoms with Crippen LogP contribution in [0.2, 0.25) is 5.02 Å². The van der Waals surface area contributed by atoms with E-state index in [1.54, 1.807) is 18.3 Å². The molecule has 0 saturated heterocycles. The third-order valence-electron chi connectivity index (χ3n) is 4.06. The van der Waals surface area contributed by atoms with Crippen LogP contribution in [-0.2, 0) is 0 Å². The van der Waals surface area contributed by atoms with Crippen molar-refractivity contribution in [2.75, 3.05) is 6.61 Å². The maximum absolute atomic E-state index is 10.4. The molecule has 0 unspecified atom stereocenters. The molecule has 1 heterocycles. The summed E-state index contributed by atoms with van der Waals surface area (Å²) in [7, 11) is 0. The number of aryl methyl sites for hydroxylation is 2. The molecule has 0 aliphatic rings. The minimum Gasteiger partial charge on any atom is -0.507 e. The summed E-state index contributed by atoms with van der Waals surface area (Å²) in [5, 5.41) is 18.1. The van der Waals surface area contributed by atoms with Crippen molar-refractivity contribution < 1.29 is 14.6 Å². The van der Waals surface area contributed by atoms with Crippen LogP contribution in [-0.4, -0.2) is 21.9 Å². The van der Waals surface area contributed by atoms with Gasteiger partial charge in [0.25, 0.3) is 0 Å². The van der Waals surface area contributed by atoms with Crippen LogP contribution in [0.25, 0.3) is 11.3 Å². The van der Waals surface area contributed by atoms with Gasteiger partial charge in [0.15, 0.2) is 5.75 Å². The Morgan fingerprint density at radius 3 is 2.44 bits per heavy atom. The number of aromatic amines is 1. The van der Waals surface area contributed by atoms with Crippen molar-refractivity contribution in [3.8, 4) is 34.3 Å². The van der Waals surface area contributed by atoms with Crippen molar-refractivity contribution in [3.63, 3.8) is 0 Å². The van der Waals surface area contributed by atoms with E-state index in [0.717, 1.165) is 16.1 Å². The minimum atomic E-state index is 0.0915. The van der Waals surface area contributed by atoms with Crippen molar-refractivity contribution in [3.05, 3.63) is 52.7 Å². The number of benzene rings is 2. The van der Waals surface area contributed by atoms with Crippen LogP contribution in [0.15, 0.2) is 36.5 Å². The first-order valence-corrected chi connectivity index (χ1v) is 9.17. The Morgan fingerprint density at radius 2 is 1.81 bits per heavy atom. The number of phenolic OH excluding ortho intramolecular Hbond substituents is 1. The highest BCUT2D eigenvalue weighted by atomic mass is 35.5. The number of H-pyrrole nitrogens is 1. The first kappa shape index (κ1) is 19.1. The highest BCUT2D eigenvalue weighted by molar-refractivity contribution is 6.32. The molecule has 142 valence electrons. The lowest BCUT2D eigenvalue weighted by Crippen LogP contribution is -2.04. The van der Waals surface area contributed by atoms with Crippen LogP contribution < -0.4 is 9.47 Å². The maximum Gasteiger partial charge on any atom is 0.173 e. The molecule has 0 amide bonds. The number of nitrogens with zero attached hydrogens (tertiary/aromatic N) is 1. The van der Waals surface area contributed by atoms with Crippen LogP contribution in [0.4, 0.5) is 0 Å². The number of hydrogen-bond donors (Lipinski definition) is 2. The number of ether oxygens (including phenoxy) is 2. The van der Waals surface area contributed by atoms with Crippen LogP contribution in [0.3, 0.4) is 0 Å². The molecule has 1 aromatic heterocycles. The second-order valence-electron chi connectivity index (χ2n) is 6.97. The SMILES string of the molecule is Cc1cc(Oc2cn[nH]c2-c2ccc(OCC(C)C)cc2O)cc(C)c1Cl. The van der Waals surface area contributed by atoms with Gasteiger partial charge in [0.1, 0.15) is 22.9 Å². The fourth-order valence-electron chi connectivity index (χ4n) is 2.71. The molecule has 0 fully saturated rings. The summed E-state index contributed by atoms with van der Waals surface area (Å²) in [6, 6.07) is 8.94. The summed E-state index contributed by atoms with van der Waals surface area (Å²) in [6.07, 6.45) is 1.58. The van der Waals surface area contributed by atoms with Gasteiger partial charge < -0.3 is 14.6 Å². The van der Waals surface area contributed by atoms with E-state index in [9.17, 15) is 5.11 Å². The van der Waals surface area contributed by atoms with E-state index in [1.807, 2.05) is 32.0 Å². The van der Waals surface area contributed by atoms with Crippen molar-refractivity contribution in [1.29, 1.82) is 0 Å². The average molecular weight is 387 g/mol. The van der Waals surface area contributed by atoms with Gasteiger partial charge in [0, 0.05) is 16.7 Å². The Balaban J connectivity index is 1.87. The summed E-state index contributed by atoms with van der Waals surface area (Å²) < 4.78 is 11.6. The smallest absolute Gasteiger partial charge is 0.173 e. The van der Waals surface area contributed by atoms with E-state index in [1.165, 1.54) is 0 Å². The molecular formula is C21H23ClN2O3. The number of aromatic hydroxyl groups is 1. The monoisotopic (exact) mass is 386 g/mol. The zero-order chi connectivity index (χ0) is 19.6. The molecule has 5 nitrogen and oxygen atoms in total. The molecule has 0 aliphatic heterocycles. The van der Waals surface area contributed by atoms with E-state index in [0.29, 0.717) is 41.0 Å². The molecule has 6 heteroatoms. The highest BCUT2D eigenvalue weighted by Crippen LogP contribution is 2.38. The van der Waals surface area contributed by atoms with Crippen molar-refractivity contribution in [2.45, 2.75) is 27.7 Å². The minimum absolute atomic E-state index is 0.0915. The number of halogens is 1. The van der Waals surface area contributed by atoms with Gasteiger partial charge in [0.05, 0.1) is 12.8 Å². The zero-order valence-electron chi connectivity index (χ0n) is 15.8. The van der Waals surface area contributed by atoms with Gasteiger partial charge in [-0.05, 0) is 55.2 Å². The fourth-order valence-corrected chi connectivity index (χ4v) is 2.82. The van der Waals surface area contributed by atoms with Gasteiger partial charge >= 0.3 is 0 Å². The lowest BCUT2D eigenvalue weighted by molar-refractivity contribution is 0.270. The molecule has 0 radical (unpaired) electrons. The standard InChI is InChI=1S/C21H23ClN2O3/c1-12(2)11-26-15-5-6-17(18(25)9-15)21-19(10-23-24-21)27-16-7-13(3)20(22)14(4)8-16/h5-10,12,25H,11H2,1-4H3,(H,23,24). The van der Waals surface area contributed by atoms with Crippen LogP contribution in [0.5, 0.6) is 23.0 Å². The number of hydrogen-bond acceptors (Lipinski definition) is 4. The lowest BCUT2D eigenvalue weighted by Gasteiger charge is -2.12. The largest absolute Gasteiger partial charge is 0.507 e. The van der Waals surface area contributed by atoms with Gasteiger partial charge in [-0.15, -0.1) is 0 Å². The quantitative estimate of drug-likeness (QED) is 0.555. The average Bonchev–Trinajstić information content (AvgIpc) is 3.05. The van der Waals surface area contributed by atoms with Crippen LogP contribution in [0.1, 0.15) is 25.0 Å². The molecule has 0 aliphatic carbocycles. The van der Waals surface area contributed by atoms with E-state index in [4.69, 9.17) is 21.1 Å². The summed E-state index contributed by atoms with van der Waals surface area (Å²) in [5.41, 5.74) is 3.05. The van der Waals surface area contributed by atoms with Gasteiger partial charge in [0.2, 0.25) is 0 Å². The number of nitrogens with one attached hydrogen (secondary N) is 1. The first-order valence-electron chi connectivity index (χ1n) is 8.79. The van der Waals surface area contributed by atoms with Gasteiger partial charge in [-0.2, -0.15) is 5.10 Å². The van der Waals surface area contributed by atoms with Crippen LogP contribution >= 0.6 is 11.6 Å². The van der Waals surface area contributed by atoms with E-state index in [-0.39, 0.29) is 5.75 Å². The Bertz CT molecular complexity index is 927. The molecule has 2 N–H and O–H groups in total. The van der Waals surface area contributed by atoms with Crippen molar-refractivity contribution in [1.82, 2.24) is 10.2 Å². The molecule has 27 heavy (non-hydrogen) atoms. The predicted molar refractivity (Wildman–Crippen MR) is 107 cm³/mol. The van der Waals surface area contributed by atoms with Gasteiger partial charge in [-0.3, -0.25) is 5.10 Å². The normalized spacial score (nSPS) is 11.0. The summed E-state index contributed by atoms with van der Waals surface area (Å²) >= 11 is 6.22. The van der Waals surface area contributed by atoms with Gasteiger partial charge in [-0.25, -0.2) is 0 Å². The zero-order valence-corrected chi connectivity index (χ0v) is 16.6. The molecule has 0 atom stereocenters. The van der Waals surface area contributed by atoms with E-state index >= 15 is 0 Å². The molecular weight excluding hydrogens is 364 g/mol. The number of phenols is 1. The molecule has 3 rings (SSSR count). The lowest BCUT2D eigenvalue weighted by atomic mass is 10.1. The van der Waals surface area contributed by atoms with Crippen molar-refractivity contribution in [2.24, 2.45) is 5.92 Å². The third-order valence-corrected chi connectivity index (χ3v) is 4.66. The molecule has 0 saturated carbocycles. The summed E-state index contributed by atoms with van der Waals surface area (Å²) in [6.45, 7) is 8.60. The molecule has 0 bridgehead atoms. The highest BCUT2D eigenvalue weighted by Gasteiger charge is 2.15. The van der Waals surface area contributed by atoms with E-state index < -0.39 is 0 Å². The number of rotatable bonds is 6. The second-order valence-corrected chi connectivity index (χ2v) is 7.34. The Labute approximate surface area is 163 Å². The Kier molecular flexibility index (Phi) is 5.61. The third kappa shape index (κ3) is 4.37. The fraction of sp³-hybridized carbons (Fsp3) is 0.286. The summed E-state index contributed by atoms with van der Waals surface area (Å²) in [5.74, 6) is 2.30. The van der Waals surface area contributed by atoms with Crippen molar-refractivity contribution >= 4 is 11.6 Å². The maximum atomic E-state index is 10.4. The van der Waals surface area contributed by atoms with E-state index in [2.05, 4.69) is 24.0 Å². The first-order chi connectivity index (χ1) is 12.8.